The zero-order valence-electron chi connectivity index (χ0n) is 13.6. The molecule has 21 heavy (non-hydrogen) atoms. The molecule has 5 heteroatoms. The number of benzene rings is 1. The Morgan fingerprint density at radius 2 is 1.95 bits per heavy atom. The quantitative estimate of drug-likeness (QED) is 0.737. The molecule has 0 saturated heterocycles. The van der Waals surface area contributed by atoms with Crippen LogP contribution < -0.4 is 10.0 Å². The van der Waals surface area contributed by atoms with Gasteiger partial charge in [0.15, 0.2) is 0 Å². The van der Waals surface area contributed by atoms with E-state index in [0.717, 1.165) is 36.9 Å². The number of nitrogens with one attached hydrogen (secondary N) is 2. The van der Waals surface area contributed by atoms with Crippen molar-refractivity contribution in [2.45, 2.75) is 64.4 Å². The summed E-state index contributed by atoms with van der Waals surface area (Å²) in [5.41, 5.74) is 1.77. The highest BCUT2D eigenvalue weighted by atomic mass is 32.2. The van der Waals surface area contributed by atoms with Gasteiger partial charge < -0.3 is 5.32 Å². The summed E-state index contributed by atoms with van der Waals surface area (Å²) in [7, 11) is -3.45. The Labute approximate surface area is 129 Å². The molecule has 4 nitrogen and oxygen atoms in total. The Balaban J connectivity index is 2.90. The van der Waals surface area contributed by atoms with Crippen molar-refractivity contribution >= 4 is 10.0 Å². The van der Waals surface area contributed by atoms with Crippen LogP contribution in [0.2, 0.25) is 0 Å². The molecule has 0 spiro atoms. The van der Waals surface area contributed by atoms with Crippen LogP contribution in [0.5, 0.6) is 0 Å². The van der Waals surface area contributed by atoms with Crippen LogP contribution >= 0.6 is 0 Å². The Kier molecular flexibility index (Phi) is 7.35. The van der Waals surface area contributed by atoms with E-state index in [1.165, 1.54) is 0 Å². The van der Waals surface area contributed by atoms with Gasteiger partial charge >= 0.3 is 0 Å². The minimum absolute atomic E-state index is 0.0354. The third-order valence-corrected chi connectivity index (χ3v) is 5.20. The summed E-state index contributed by atoms with van der Waals surface area (Å²) in [4.78, 5) is 0.390. The van der Waals surface area contributed by atoms with Gasteiger partial charge in [0, 0.05) is 12.6 Å². The normalized spacial score (nSPS) is 13.3. The van der Waals surface area contributed by atoms with E-state index in [2.05, 4.69) is 17.0 Å². The fraction of sp³-hybridized carbons (Fsp3) is 0.625. The van der Waals surface area contributed by atoms with Gasteiger partial charge in [0.25, 0.3) is 0 Å². The van der Waals surface area contributed by atoms with Crippen LogP contribution in [-0.4, -0.2) is 21.0 Å². The van der Waals surface area contributed by atoms with Crippen molar-refractivity contribution in [2.75, 3.05) is 6.54 Å². The second kappa shape index (κ2) is 8.51. The molecule has 1 aromatic rings. The molecule has 0 aliphatic heterocycles. The largest absolute Gasteiger partial charge is 0.313 e. The lowest BCUT2D eigenvalue weighted by atomic mass is 10.1. The van der Waals surface area contributed by atoms with E-state index in [-0.39, 0.29) is 6.04 Å². The topological polar surface area (TPSA) is 58.2 Å². The molecule has 1 atom stereocenters. The summed E-state index contributed by atoms with van der Waals surface area (Å²) >= 11 is 0. The summed E-state index contributed by atoms with van der Waals surface area (Å²) in [6, 6.07) is 5.58. The minimum Gasteiger partial charge on any atom is -0.313 e. The molecule has 0 aliphatic carbocycles. The van der Waals surface area contributed by atoms with Gasteiger partial charge in [-0.2, -0.15) is 0 Å². The maximum atomic E-state index is 12.5. The van der Waals surface area contributed by atoms with Crippen LogP contribution in [0.3, 0.4) is 0 Å². The number of aryl methyl sites for hydroxylation is 1. The zero-order chi connectivity index (χ0) is 15.9. The van der Waals surface area contributed by atoms with E-state index in [1.54, 1.807) is 6.07 Å². The first-order valence-electron chi connectivity index (χ1n) is 7.73. The van der Waals surface area contributed by atoms with Crippen LogP contribution in [0.1, 0.15) is 51.2 Å². The van der Waals surface area contributed by atoms with Gasteiger partial charge in [0.2, 0.25) is 10.0 Å². The highest BCUT2D eigenvalue weighted by molar-refractivity contribution is 7.89. The molecule has 1 rings (SSSR count). The third-order valence-electron chi connectivity index (χ3n) is 3.47. The fourth-order valence-corrected chi connectivity index (χ4v) is 3.78. The van der Waals surface area contributed by atoms with Crippen LogP contribution in [0.4, 0.5) is 0 Å². The van der Waals surface area contributed by atoms with Gasteiger partial charge in [-0.1, -0.05) is 38.8 Å². The molecule has 1 aromatic carbocycles. The molecule has 0 fully saturated rings. The predicted octanol–water partition coefficient (Wildman–Crippen LogP) is 2.96. The molecule has 0 aromatic heterocycles. The zero-order valence-corrected chi connectivity index (χ0v) is 14.4. The van der Waals surface area contributed by atoms with E-state index in [9.17, 15) is 8.42 Å². The molecule has 0 bridgehead atoms. The molecule has 2 N–H and O–H groups in total. The summed E-state index contributed by atoms with van der Waals surface area (Å²) in [6.07, 6.45) is 2.97. The summed E-state index contributed by atoms with van der Waals surface area (Å²) in [5.74, 6) is 0. The highest BCUT2D eigenvalue weighted by Crippen LogP contribution is 2.18. The van der Waals surface area contributed by atoms with Crippen molar-refractivity contribution in [1.29, 1.82) is 0 Å². The van der Waals surface area contributed by atoms with Gasteiger partial charge in [-0.15, -0.1) is 0 Å². The number of hydrogen-bond donors (Lipinski definition) is 2. The lowest BCUT2D eigenvalue weighted by molar-refractivity contribution is 0.533. The molecule has 0 saturated carbocycles. The van der Waals surface area contributed by atoms with E-state index in [4.69, 9.17) is 0 Å². The van der Waals surface area contributed by atoms with Crippen molar-refractivity contribution in [2.24, 2.45) is 0 Å². The summed E-state index contributed by atoms with van der Waals surface area (Å²) in [5, 5.41) is 3.22. The average Bonchev–Trinajstić information content (AvgIpc) is 2.43. The number of unbranched alkanes of at least 4 members (excludes halogenated alkanes) is 1. The predicted molar refractivity (Wildman–Crippen MR) is 87.9 cm³/mol. The first kappa shape index (κ1) is 18.1. The van der Waals surface area contributed by atoms with Crippen molar-refractivity contribution in [1.82, 2.24) is 10.0 Å². The van der Waals surface area contributed by atoms with Crippen LogP contribution in [0.25, 0.3) is 0 Å². The number of rotatable bonds is 9. The number of hydrogen-bond acceptors (Lipinski definition) is 3. The van der Waals surface area contributed by atoms with E-state index < -0.39 is 10.0 Å². The monoisotopic (exact) mass is 312 g/mol. The molecule has 120 valence electrons. The van der Waals surface area contributed by atoms with Crippen LogP contribution in [0.15, 0.2) is 23.1 Å². The lowest BCUT2D eigenvalue weighted by Gasteiger charge is -2.16. The second-order valence-corrected chi connectivity index (χ2v) is 7.23. The van der Waals surface area contributed by atoms with Gasteiger partial charge in [-0.05, 0) is 44.0 Å². The Hall–Kier alpha value is -0.910. The molecular formula is C16H28N2O2S. The van der Waals surface area contributed by atoms with Gasteiger partial charge in [0.1, 0.15) is 0 Å². The lowest BCUT2D eigenvalue weighted by Crippen LogP contribution is -2.33. The first-order valence-corrected chi connectivity index (χ1v) is 9.21. The molecular weight excluding hydrogens is 284 g/mol. The van der Waals surface area contributed by atoms with Crippen molar-refractivity contribution in [3.63, 3.8) is 0 Å². The van der Waals surface area contributed by atoms with E-state index >= 15 is 0 Å². The van der Waals surface area contributed by atoms with Gasteiger partial charge in [-0.3, -0.25) is 0 Å². The highest BCUT2D eigenvalue weighted by Gasteiger charge is 2.19. The van der Waals surface area contributed by atoms with E-state index in [1.807, 2.05) is 32.9 Å². The van der Waals surface area contributed by atoms with Crippen molar-refractivity contribution in [3.05, 3.63) is 29.3 Å². The Morgan fingerprint density at radius 3 is 2.57 bits per heavy atom. The third kappa shape index (κ3) is 5.77. The maximum Gasteiger partial charge on any atom is 0.241 e. The molecule has 1 unspecified atom stereocenters. The SMILES string of the molecule is CCCCC(C)NS(=O)(=O)c1cc(CNCC)ccc1C. The van der Waals surface area contributed by atoms with Gasteiger partial charge in [0.05, 0.1) is 4.90 Å². The molecule has 0 aliphatic rings. The fourth-order valence-electron chi connectivity index (χ4n) is 2.21. The Bertz CT molecular complexity index is 541. The molecule has 0 radical (unpaired) electrons. The molecule has 0 heterocycles. The van der Waals surface area contributed by atoms with Crippen molar-refractivity contribution in [3.8, 4) is 0 Å². The summed E-state index contributed by atoms with van der Waals surface area (Å²) in [6.45, 7) is 9.44. The Morgan fingerprint density at radius 1 is 1.24 bits per heavy atom. The smallest absolute Gasteiger partial charge is 0.241 e. The standard InChI is InChI=1S/C16H28N2O2S/c1-5-7-8-14(4)18-21(19,20)16-11-15(12-17-6-2)10-9-13(16)3/h9-11,14,17-18H,5-8,12H2,1-4H3. The van der Waals surface area contributed by atoms with E-state index in [0.29, 0.717) is 11.4 Å². The molecule has 0 amide bonds. The van der Waals surface area contributed by atoms with Crippen LogP contribution in [0, 0.1) is 6.92 Å². The van der Waals surface area contributed by atoms with Crippen molar-refractivity contribution < 1.29 is 8.42 Å². The second-order valence-electron chi connectivity index (χ2n) is 5.54. The van der Waals surface area contributed by atoms with Crippen LogP contribution in [-0.2, 0) is 16.6 Å². The first-order chi connectivity index (χ1) is 9.90. The average molecular weight is 312 g/mol. The summed E-state index contributed by atoms with van der Waals surface area (Å²) < 4.78 is 27.8. The maximum absolute atomic E-state index is 12.5. The van der Waals surface area contributed by atoms with Gasteiger partial charge in [-0.25, -0.2) is 13.1 Å². The minimum atomic E-state index is -3.45. The number of sulfonamides is 1.